The number of piperidine rings is 1. The minimum Gasteiger partial charge on any atom is -0.389 e. The third-order valence-electron chi connectivity index (χ3n) is 4.09. The lowest BCUT2D eigenvalue weighted by Gasteiger charge is -2.32. The summed E-state index contributed by atoms with van der Waals surface area (Å²) in [6, 6.07) is 0. The van der Waals surface area contributed by atoms with Gasteiger partial charge in [0.05, 0.1) is 11.4 Å². The van der Waals surface area contributed by atoms with Gasteiger partial charge in [-0.15, -0.1) is 11.8 Å². The summed E-state index contributed by atoms with van der Waals surface area (Å²) in [5, 5.41) is 10.3. The molecule has 0 aromatic carbocycles. The van der Waals surface area contributed by atoms with E-state index in [1.807, 2.05) is 4.90 Å². The highest BCUT2D eigenvalue weighted by atomic mass is 32.2. The van der Waals surface area contributed by atoms with Crippen molar-refractivity contribution in [2.75, 3.05) is 24.6 Å². The standard InChI is InChI=1S/C14H25NO2S/c16-13(15-9-5-2-6-10-15)11-18-12-14(17)7-3-1-4-8-14/h17H,1-12H2. The van der Waals surface area contributed by atoms with E-state index in [0.29, 0.717) is 5.75 Å². The topological polar surface area (TPSA) is 40.5 Å². The molecule has 1 aliphatic carbocycles. The first-order valence-corrected chi connectivity index (χ1v) is 8.43. The van der Waals surface area contributed by atoms with E-state index in [-0.39, 0.29) is 5.91 Å². The second kappa shape index (κ2) is 6.80. The van der Waals surface area contributed by atoms with Crippen LogP contribution in [0.4, 0.5) is 0 Å². The van der Waals surface area contributed by atoms with Crippen molar-refractivity contribution in [2.45, 2.75) is 57.0 Å². The highest BCUT2D eigenvalue weighted by Crippen LogP contribution is 2.31. The van der Waals surface area contributed by atoms with Gasteiger partial charge in [0.25, 0.3) is 0 Å². The summed E-state index contributed by atoms with van der Waals surface area (Å²) < 4.78 is 0. The average molecular weight is 271 g/mol. The SMILES string of the molecule is O=C(CSCC1(O)CCCCC1)N1CCCCC1. The van der Waals surface area contributed by atoms with Crippen molar-refractivity contribution in [3.05, 3.63) is 0 Å². The molecular weight excluding hydrogens is 246 g/mol. The van der Waals surface area contributed by atoms with Crippen molar-refractivity contribution >= 4 is 17.7 Å². The molecule has 1 aliphatic heterocycles. The zero-order valence-electron chi connectivity index (χ0n) is 11.2. The van der Waals surface area contributed by atoms with Crippen LogP contribution in [0.2, 0.25) is 0 Å². The molecule has 1 N–H and O–H groups in total. The van der Waals surface area contributed by atoms with Gasteiger partial charge in [0.2, 0.25) is 5.91 Å². The number of amides is 1. The lowest BCUT2D eigenvalue weighted by Crippen LogP contribution is -2.38. The summed E-state index contributed by atoms with van der Waals surface area (Å²) in [6.45, 7) is 1.87. The molecule has 1 saturated carbocycles. The van der Waals surface area contributed by atoms with E-state index < -0.39 is 5.60 Å². The van der Waals surface area contributed by atoms with Crippen LogP contribution in [-0.4, -0.2) is 46.1 Å². The molecule has 0 aromatic heterocycles. The zero-order valence-corrected chi connectivity index (χ0v) is 12.0. The maximum Gasteiger partial charge on any atom is 0.232 e. The molecule has 0 unspecified atom stereocenters. The molecule has 0 bridgehead atoms. The number of rotatable bonds is 4. The Morgan fingerprint density at radius 2 is 1.67 bits per heavy atom. The Bertz CT molecular complexity index is 271. The normalized spacial score (nSPS) is 23.9. The van der Waals surface area contributed by atoms with E-state index in [2.05, 4.69) is 0 Å². The first-order valence-electron chi connectivity index (χ1n) is 7.28. The van der Waals surface area contributed by atoms with Crippen LogP contribution >= 0.6 is 11.8 Å². The molecule has 1 heterocycles. The van der Waals surface area contributed by atoms with Crippen LogP contribution in [0.1, 0.15) is 51.4 Å². The summed E-state index contributed by atoms with van der Waals surface area (Å²) in [7, 11) is 0. The van der Waals surface area contributed by atoms with Gasteiger partial charge in [0, 0.05) is 18.8 Å². The van der Waals surface area contributed by atoms with Crippen molar-refractivity contribution in [3.8, 4) is 0 Å². The molecule has 4 heteroatoms. The van der Waals surface area contributed by atoms with E-state index in [1.54, 1.807) is 11.8 Å². The average Bonchev–Trinajstić information content (AvgIpc) is 2.40. The minimum absolute atomic E-state index is 0.263. The van der Waals surface area contributed by atoms with Gasteiger partial charge in [0.1, 0.15) is 0 Å². The van der Waals surface area contributed by atoms with Crippen LogP contribution in [0.25, 0.3) is 0 Å². The molecule has 2 fully saturated rings. The summed E-state index contributed by atoms with van der Waals surface area (Å²) in [5.74, 6) is 1.54. The molecule has 0 aromatic rings. The van der Waals surface area contributed by atoms with Gasteiger partial charge < -0.3 is 10.0 Å². The lowest BCUT2D eigenvalue weighted by atomic mass is 9.86. The Morgan fingerprint density at radius 3 is 2.33 bits per heavy atom. The van der Waals surface area contributed by atoms with Gasteiger partial charge in [-0.05, 0) is 32.1 Å². The number of carbonyl (C=O) groups excluding carboxylic acids is 1. The molecule has 1 saturated heterocycles. The van der Waals surface area contributed by atoms with Crippen LogP contribution < -0.4 is 0 Å². The third-order valence-corrected chi connectivity index (χ3v) is 5.28. The second-order valence-corrected chi connectivity index (χ2v) is 6.70. The largest absolute Gasteiger partial charge is 0.389 e. The van der Waals surface area contributed by atoms with E-state index >= 15 is 0 Å². The zero-order chi connectivity index (χ0) is 12.8. The lowest BCUT2D eigenvalue weighted by molar-refractivity contribution is -0.129. The summed E-state index contributed by atoms with van der Waals surface area (Å²) in [6.07, 6.45) is 8.92. The van der Waals surface area contributed by atoms with Gasteiger partial charge in [-0.25, -0.2) is 0 Å². The molecule has 18 heavy (non-hydrogen) atoms. The minimum atomic E-state index is -0.495. The van der Waals surface area contributed by atoms with Gasteiger partial charge in [-0.2, -0.15) is 0 Å². The molecule has 2 aliphatic rings. The number of hydrogen-bond acceptors (Lipinski definition) is 3. The monoisotopic (exact) mass is 271 g/mol. The predicted octanol–water partition coefficient (Wildman–Crippen LogP) is 2.43. The molecule has 1 amide bonds. The van der Waals surface area contributed by atoms with Crippen molar-refractivity contribution in [3.63, 3.8) is 0 Å². The first-order chi connectivity index (χ1) is 8.70. The Kier molecular flexibility index (Phi) is 5.37. The third kappa shape index (κ3) is 4.16. The molecule has 0 atom stereocenters. The van der Waals surface area contributed by atoms with E-state index in [1.165, 1.54) is 12.8 Å². The molecule has 2 rings (SSSR count). The Morgan fingerprint density at radius 1 is 1.06 bits per heavy atom. The Labute approximate surface area is 114 Å². The fourth-order valence-corrected chi connectivity index (χ4v) is 4.05. The van der Waals surface area contributed by atoms with Gasteiger partial charge in [-0.3, -0.25) is 4.79 Å². The second-order valence-electron chi connectivity index (χ2n) is 5.72. The fourth-order valence-electron chi connectivity index (χ4n) is 2.92. The van der Waals surface area contributed by atoms with Gasteiger partial charge in [0.15, 0.2) is 0 Å². The van der Waals surface area contributed by atoms with Crippen LogP contribution in [0.3, 0.4) is 0 Å². The summed E-state index contributed by atoms with van der Waals surface area (Å²) in [5.41, 5.74) is -0.495. The molecule has 0 spiro atoms. The first kappa shape index (κ1) is 14.2. The highest BCUT2D eigenvalue weighted by molar-refractivity contribution is 8.00. The fraction of sp³-hybridized carbons (Fsp3) is 0.929. The van der Waals surface area contributed by atoms with E-state index in [0.717, 1.165) is 57.4 Å². The van der Waals surface area contributed by atoms with Crippen LogP contribution in [-0.2, 0) is 4.79 Å². The van der Waals surface area contributed by atoms with Crippen molar-refractivity contribution in [1.82, 2.24) is 4.90 Å². The molecule has 3 nitrogen and oxygen atoms in total. The summed E-state index contributed by atoms with van der Waals surface area (Å²) in [4.78, 5) is 14.0. The number of nitrogens with zero attached hydrogens (tertiary/aromatic N) is 1. The molecular formula is C14H25NO2S. The van der Waals surface area contributed by atoms with E-state index in [9.17, 15) is 9.90 Å². The quantitative estimate of drug-likeness (QED) is 0.853. The Hall–Kier alpha value is -0.220. The van der Waals surface area contributed by atoms with Crippen molar-refractivity contribution < 1.29 is 9.90 Å². The van der Waals surface area contributed by atoms with Gasteiger partial charge in [-0.1, -0.05) is 19.3 Å². The van der Waals surface area contributed by atoms with Crippen LogP contribution in [0.15, 0.2) is 0 Å². The molecule has 104 valence electrons. The highest BCUT2D eigenvalue weighted by Gasteiger charge is 2.29. The summed E-state index contributed by atoms with van der Waals surface area (Å²) >= 11 is 1.62. The van der Waals surface area contributed by atoms with Crippen LogP contribution in [0, 0.1) is 0 Å². The van der Waals surface area contributed by atoms with E-state index in [4.69, 9.17) is 0 Å². The van der Waals surface area contributed by atoms with Crippen molar-refractivity contribution in [2.24, 2.45) is 0 Å². The number of aliphatic hydroxyl groups is 1. The predicted molar refractivity (Wildman–Crippen MR) is 75.8 cm³/mol. The molecule has 0 radical (unpaired) electrons. The van der Waals surface area contributed by atoms with Crippen molar-refractivity contribution in [1.29, 1.82) is 0 Å². The smallest absolute Gasteiger partial charge is 0.232 e. The maximum atomic E-state index is 12.0. The Balaban J connectivity index is 1.66. The number of hydrogen-bond donors (Lipinski definition) is 1. The van der Waals surface area contributed by atoms with Crippen LogP contribution in [0.5, 0.6) is 0 Å². The number of carbonyl (C=O) groups is 1. The number of likely N-dealkylation sites (tertiary alicyclic amines) is 1. The van der Waals surface area contributed by atoms with Gasteiger partial charge >= 0.3 is 0 Å². The number of thioether (sulfide) groups is 1. The maximum absolute atomic E-state index is 12.0.